The summed E-state index contributed by atoms with van der Waals surface area (Å²) < 4.78 is 17.6. The zero-order chi connectivity index (χ0) is 18.6. The summed E-state index contributed by atoms with van der Waals surface area (Å²) in [7, 11) is 0. The Bertz CT molecular complexity index is 765. The maximum Gasteiger partial charge on any atom is 0.128 e. The fourth-order valence-electron chi connectivity index (χ4n) is 4.16. The minimum Gasteiger partial charge on any atom is -0.491 e. The Balaban J connectivity index is 1.73. The Kier molecular flexibility index (Phi) is 5.62. The predicted molar refractivity (Wildman–Crippen MR) is 102 cm³/mol. The molecule has 0 aromatic heterocycles. The van der Waals surface area contributed by atoms with Crippen molar-refractivity contribution in [3.05, 3.63) is 59.7 Å². The second kappa shape index (κ2) is 8.30. The molecule has 5 heteroatoms. The van der Waals surface area contributed by atoms with Crippen LogP contribution in [0.5, 0.6) is 11.5 Å². The van der Waals surface area contributed by atoms with Gasteiger partial charge in [-0.15, -0.1) is 0 Å². The van der Waals surface area contributed by atoms with Gasteiger partial charge in [-0.25, -0.2) is 0 Å². The molecular formula is C22H28NO4+. The van der Waals surface area contributed by atoms with Gasteiger partial charge in [0.15, 0.2) is 0 Å². The van der Waals surface area contributed by atoms with Gasteiger partial charge in [-0.05, 0) is 24.3 Å². The van der Waals surface area contributed by atoms with E-state index in [0.717, 1.165) is 22.6 Å². The molecule has 0 saturated carbocycles. The van der Waals surface area contributed by atoms with E-state index in [-0.39, 0.29) is 24.1 Å². The number of nitrogens with two attached hydrogens (primary N) is 1. The normalized spacial score (nSPS) is 28.7. The first kappa shape index (κ1) is 18.3. The predicted octanol–water partition coefficient (Wildman–Crippen LogP) is 2.22. The molecule has 0 radical (unpaired) electrons. The molecule has 1 saturated heterocycles. The molecule has 4 rings (SSSR count). The molecule has 1 fully saturated rings. The lowest BCUT2D eigenvalue weighted by molar-refractivity contribution is -0.753. The van der Waals surface area contributed by atoms with E-state index < -0.39 is 0 Å². The van der Waals surface area contributed by atoms with Crippen molar-refractivity contribution < 1.29 is 24.6 Å². The number of benzene rings is 2. The van der Waals surface area contributed by atoms with E-state index in [1.807, 2.05) is 36.4 Å². The van der Waals surface area contributed by atoms with Crippen LogP contribution in [0.25, 0.3) is 0 Å². The standard InChI is InChI=1S/C22H27NO4/c1-15-19(24)14-18-16-6-2-4-8-20(16)26-12-10-25-11-13-27-21-9-5-3-7-17(21)22(15)23-18/h2-9,15,18-19,22-24H,10-14H2,1H3/p+1/t15-,18+,19+,22+/m0/s1. The molecular weight excluding hydrogens is 342 g/mol. The Hall–Kier alpha value is -2.08. The minimum absolute atomic E-state index is 0.117. The van der Waals surface area contributed by atoms with E-state index >= 15 is 0 Å². The summed E-state index contributed by atoms with van der Waals surface area (Å²) in [6.07, 6.45) is 0.333. The van der Waals surface area contributed by atoms with E-state index in [4.69, 9.17) is 14.2 Å². The van der Waals surface area contributed by atoms with E-state index in [1.54, 1.807) is 0 Å². The van der Waals surface area contributed by atoms with Crippen LogP contribution in [-0.4, -0.2) is 37.6 Å². The number of hydrogen-bond acceptors (Lipinski definition) is 4. The minimum atomic E-state index is -0.373. The largest absolute Gasteiger partial charge is 0.491 e. The summed E-state index contributed by atoms with van der Waals surface area (Å²) in [4.78, 5) is 0. The van der Waals surface area contributed by atoms with Crippen molar-refractivity contribution in [3.63, 3.8) is 0 Å². The van der Waals surface area contributed by atoms with E-state index in [9.17, 15) is 5.11 Å². The third-order valence-electron chi connectivity index (χ3n) is 5.68. The van der Waals surface area contributed by atoms with Crippen molar-refractivity contribution in [3.8, 4) is 11.5 Å². The molecule has 2 aromatic rings. The number of aliphatic hydroxyl groups excluding tert-OH is 1. The third-order valence-corrected chi connectivity index (χ3v) is 5.68. The maximum atomic E-state index is 10.8. The van der Waals surface area contributed by atoms with Gasteiger partial charge in [-0.3, -0.25) is 0 Å². The number of ether oxygens (including phenoxy) is 3. The summed E-state index contributed by atoms with van der Waals surface area (Å²) in [5.41, 5.74) is 2.26. The zero-order valence-corrected chi connectivity index (χ0v) is 15.7. The second-order valence-corrected chi connectivity index (χ2v) is 7.37. The SMILES string of the molecule is C[C@H]1[C@H](O)C[C@H]2[NH2+][C@H]1c1ccccc1OCCOCCOc1ccccc12. The van der Waals surface area contributed by atoms with Gasteiger partial charge in [0.1, 0.15) is 36.8 Å². The molecule has 27 heavy (non-hydrogen) atoms. The summed E-state index contributed by atoms with van der Waals surface area (Å²) in [5, 5.41) is 13.2. The summed E-state index contributed by atoms with van der Waals surface area (Å²) in [6, 6.07) is 16.5. The first-order valence-corrected chi connectivity index (χ1v) is 9.78. The zero-order valence-electron chi connectivity index (χ0n) is 15.7. The molecule has 0 spiro atoms. The summed E-state index contributed by atoms with van der Waals surface area (Å²) >= 11 is 0. The molecule has 4 atom stereocenters. The van der Waals surface area contributed by atoms with Crippen LogP contribution in [0, 0.1) is 5.92 Å². The topological polar surface area (TPSA) is 64.5 Å². The number of rotatable bonds is 0. The van der Waals surface area contributed by atoms with Gasteiger partial charge in [0.2, 0.25) is 0 Å². The number of para-hydroxylation sites is 2. The van der Waals surface area contributed by atoms with Crippen LogP contribution in [0.4, 0.5) is 0 Å². The summed E-state index contributed by atoms with van der Waals surface area (Å²) in [6.45, 7) is 4.17. The molecule has 0 amide bonds. The fourth-order valence-corrected chi connectivity index (χ4v) is 4.16. The fraction of sp³-hybridized carbons (Fsp3) is 0.455. The van der Waals surface area contributed by atoms with Crippen LogP contribution in [-0.2, 0) is 4.74 Å². The molecule has 2 aliphatic heterocycles. The quantitative estimate of drug-likeness (QED) is 0.746. The highest BCUT2D eigenvalue weighted by molar-refractivity contribution is 5.37. The van der Waals surface area contributed by atoms with Gasteiger partial charge in [-0.1, -0.05) is 31.2 Å². The Morgan fingerprint density at radius 1 is 0.852 bits per heavy atom. The molecule has 3 N–H and O–H groups in total. The van der Waals surface area contributed by atoms with Crippen LogP contribution in [0.1, 0.15) is 36.6 Å². The third kappa shape index (κ3) is 3.95. The van der Waals surface area contributed by atoms with Crippen LogP contribution < -0.4 is 14.8 Å². The van der Waals surface area contributed by atoms with Gasteiger partial charge in [0.05, 0.1) is 30.4 Å². The van der Waals surface area contributed by atoms with Crippen molar-refractivity contribution in [1.29, 1.82) is 0 Å². The molecule has 2 aromatic carbocycles. The highest BCUT2D eigenvalue weighted by Gasteiger charge is 2.40. The number of hydrogen-bond donors (Lipinski definition) is 2. The van der Waals surface area contributed by atoms with Crippen molar-refractivity contribution in [2.45, 2.75) is 31.5 Å². The lowest BCUT2D eigenvalue weighted by Crippen LogP contribution is -2.90. The highest BCUT2D eigenvalue weighted by atomic mass is 16.5. The van der Waals surface area contributed by atoms with Gasteiger partial charge >= 0.3 is 0 Å². The van der Waals surface area contributed by atoms with Crippen molar-refractivity contribution in [2.75, 3.05) is 26.4 Å². The van der Waals surface area contributed by atoms with Gasteiger partial charge in [0.25, 0.3) is 0 Å². The van der Waals surface area contributed by atoms with Crippen LogP contribution >= 0.6 is 0 Å². The van der Waals surface area contributed by atoms with E-state index in [0.29, 0.717) is 32.8 Å². The van der Waals surface area contributed by atoms with Gasteiger partial charge in [-0.2, -0.15) is 0 Å². The second-order valence-electron chi connectivity index (χ2n) is 7.37. The number of fused-ring (bicyclic) bond motifs is 6. The average molecular weight is 370 g/mol. The molecule has 2 aliphatic rings. The molecule has 5 nitrogen and oxygen atoms in total. The molecule has 0 aliphatic carbocycles. The molecule has 144 valence electrons. The van der Waals surface area contributed by atoms with Crippen molar-refractivity contribution >= 4 is 0 Å². The Morgan fingerprint density at radius 3 is 2.15 bits per heavy atom. The first-order chi connectivity index (χ1) is 13.2. The lowest BCUT2D eigenvalue weighted by Gasteiger charge is -2.37. The first-order valence-electron chi connectivity index (χ1n) is 9.78. The number of piperidine rings is 1. The van der Waals surface area contributed by atoms with Crippen LogP contribution in [0.3, 0.4) is 0 Å². The number of quaternary nitrogens is 1. The monoisotopic (exact) mass is 370 g/mol. The number of aliphatic hydroxyl groups is 1. The smallest absolute Gasteiger partial charge is 0.128 e. The Morgan fingerprint density at radius 2 is 1.44 bits per heavy atom. The highest BCUT2D eigenvalue weighted by Crippen LogP contribution is 2.37. The lowest BCUT2D eigenvalue weighted by atomic mass is 9.80. The maximum absolute atomic E-state index is 10.8. The van der Waals surface area contributed by atoms with E-state index in [1.165, 1.54) is 0 Å². The molecule has 2 heterocycles. The molecule has 0 unspecified atom stereocenters. The molecule has 2 bridgehead atoms. The van der Waals surface area contributed by atoms with Crippen molar-refractivity contribution in [1.82, 2.24) is 0 Å². The van der Waals surface area contributed by atoms with E-state index in [2.05, 4.69) is 24.4 Å². The van der Waals surface area contributed by atoms with Gasteiger partial charge < -0.3 is 24.6 Å². The Labute approximate surface area is 160 Å². The van der Waals surface area contributed by atoms with Crippen LogP contribution in [0.2, 0.25) is 0 Å². The summed E-state index contributed by atoms with van der Waals surface area (Å²) in [5.74, 6) is 1.89. The van der Waals surface area contributed by atoms with Gasteiger partial charge in [0, 0.05) is 12.3 Å². The van der Waals surface area contributed by atoms with Crippen molar-refractivity contribution in [2.24, 2.45) is 5.92 Å². The average Bonchev–Trinajstić information content (AvgIpc) is 2.69. The van der Waals surface area contributed by atoms with Crippen LogP contribution in [0.15, 0.2) is 48.5 Å².